The summed E-state index contributed by atoms with van der Waals surface area (Å²) < 4.78 is 30.2. The number of hydrogen-bond donors (Lipinski definition) is 1. The van der Waals surface area contributed by atoms with E-state index in [4.69, 9.17) is 4.74 Å². The zero-order chi connectivity index (χ0) is 24.0. The second-order valence-corrected chi connectivity index (χ2v) is 13.5. The fraction of sp³-hybridized carbons (Fsp3) is 0.583. The average molecular weight is 524 g/mol. The Labute approximate surface area is 210 Å². The van der Waals surface area contributed by atoms with Crippen molar-refractivity contribution in [2.24, 2.45) is 5.92 Å². The van der Waals surface area contributed by atoms with Gasteiger partial charge in [-0.1, -0.05) is 49.2 Å². The Morgan fingerprint density at radius 3 is 2.62 bits per heavy atom. The molecule has 1 atom stereocenters. The van der Waals surface area contributed by atoms with Crippen LogP contribution in [0.25, 0.3) is 0 Å². The molecule has 10 heteroatoms. The predicted octanol–water partition coefficient (Wildman–Crippen LogP) is 4.27. The van der Waals surface area contributed by atoms with Gasteiger partial charge in [-0.3, -0.25) is 9.69 Å². The molecule has 4 rings (SSSR count). The number of thioether (sulfide) groups is 1. The minimum Gasteiger partial charge on any atom is -0.379 e. The van der Waals surface area contributed by atoms with Gasteiger partial charge in [0.1, 0.15) is 0 Å². The Hall–Kier alpha value is -1.46. The van der Waals surface area contributed by atoms with Crippen LogP contribution < -0.4 is 5.32 Å². The highest BCUT2D eigenvalue weighted by molar-refractivity contribution is 8.01. The molecule has 1 saturated carbocycles. The molecule has 0 spiro atoms. The number of anilines is 1. The first-order chi connectivity index (χ1) is 16.4. The summed E-state index contributed by atoms with van der Waals surface area (Å²) in [6, 6.07) is 6.77. The number of thiazole rings is 1. The second-order valence-electron chi connectivity index (χ2n) is 9.06. The van der Waals surface area contributed by atoms with Crippen LogP contribution in [0, 0.1) is 5.92 Å². The van der Waals surface area contributed by atoms with E-state index < -0.39 is 9.84 Å². The number of aromatic nitrogens is 1. The maximum Gasteiger partial charge on any atom is 0.233 e. The molecule has 34 heavy (non-hydrogen) atoms. The fourth-order valence-electron chi connectivity index (χ4n) is 4.60. The average Bonchev–Trinajstić information content (AvgIpc) is 3.50. The van der Waals surface area contributed by atoms with Gasteiger partial charge in [0, 0.05) is 31.6 Å². The zero-order valence-corrected chi connectivity index (χ0v) is 22.0. The Kier molecular flexibility index (Phi) is 9.03. The summed E-state index contributed by atoms with van der Waals surface area (Å²) in [7, 11) is -3.27. The van der Waals surface area contributed by atoms with Gasteiger partial charge < -0.3 is 10.1 Å². The molecule has 0 radical (unpaired) electrons. The van der Waals surface area contributed by atoms with E-state index >= 15 is 0 Å². The first kappa shape index (κ1) is 25.6. The molecule has 186 valence electrons. The summed E-state index contributed by atoms with van der Waals surface area (Å²) in [5.41, 5.74) is 0.855. The minimum absolute atomic E-state index is 0.0711. The van der Waals surface area contributed by atoms with E-state index in [0.717, 1.165) is 67.6 Å². The third-order valence-corrected chi connectivity index (χ3v) is 9.76. The number of ether oxygens (including phenoxy) is 1. The van der Waals surface area contributed by atoms with Crippen molar-refractivity contribution in [1.82, 2.24) is 9.88 Å². The third kappa shape index (κ3) is 7.27. The lowest BCUT2D eigenvalue weighted by Gasteiger charge is -2.26. The lowest BCUT2D eigenvalue weighted by Crippen LogP contribution is -2.37. The maximum atomic E-state index is 13.3. The molecule has 2 heterocycles. The molecule has 1 aromatic carbocycles. The number of morpholine rings is 1. The van der Waals surface area contributed by atoms with Crippen LogP contribution >= 0.6 is 23.1 Å². The van der Waals surface area contributed by atoms with Gasteiger partial charge in [-0.05, 0) is 30.0 Å². The van der Waals surface area contributed by atoms with Crippen LogP contribution in [0.15, 0.2) is 39.6 Å². The van der Waals surface area contributed by atoms with Crippen molar-refractivity contribution in [2.45, 2.75) is 47.1 Å². The summed E-state index contributed by atoms with van der Waals surface area (Å²) >= 11 is 3.27. The highest BCUT2D eigenvalue weighted by Crippen LogP contribution is 2.36. The topological polar surface area (TPSA) is 88.6 Å². The van der Waals surface area contributed by atoms with Gasteiger partial charge in [-0.25, -0.2) is 13.4 Å². The fourth-order valence-corrected chi connectivity index (χ4v) is 7.18. The van der Waals surface area contributed by atoms with Crippen molar-refractivity contribution in [1.29, 1.82) is 0 Å². The molecule has 1 aromatic heterocycles. The summed E-state index contributed by atoms with van der Waals surface area (Å²) in [6.45, 7) is 4.59. The maximum absolute atomic E-state index is 13.3. The van der Waals surface area contributed by atoms with Crippen LogP contribution in [0.2, 0.25) is 0 Å². The number of amides is 1. The highest BCUT2D eigenvalue weighted by atomic mass is 32.2. The van der Waals surface area contributed by atoms with Crippen molar-refractivity contribution in [3.63, 3.8) is 0 Å². The van der Waals surface area contributed by atoms with E-state index in [1.54, 1.807) is 36.0 Å². The Bertz CT molecular complexity index is 1040. The summed E-state index contributed by atoms with van der Waals surface area (Å²) in [6.07, 6.45) is 8.52. The number of nitrogens with one attached hydrogen (secondary N) is 1. The second kappa shape index (κ2) is 12.0. The number of nitrogens with zero attached hydrogens (tertiary/aromatic N) is 2. The molecule has 2 aliphatic rings. The van der Waals surface area contributed by atoms with Crippen LogP contribution in [-0.4, -0.2) is 69.1 Å². The summed E-state index contributed by atoms with van der Waals surface area (Å²) in [4.78, 5) is 20.4. The molecule has 1 saturated heterocycles. The Balaban J connectivity index is 1.38. The number of sulfone groups is 1. The van der Waals surface area contributed by atoms with Crippen molar-refractivity contribution < 1.29 is 17.9 Å². The van der Waals surface area contributed by atoms with Crippen molar-refractivity contribution in [3.05, 3.63) is 36.0 Å². The molecule has 1 aliphatic carbocycles. The van der Waals surface area contributed by atoms with Gasteiger partial charge >= 0.3 is 0 Å². The van der Waals surface area contributed by atoms with Crippen LogP contribution in [0.4, 0.5) is 5.13 Å². The molecule has 1 aliphatic heterocycles. The van der Waals surface area contributed by atoms with Crippen LogP contribution in [0.3, 0.4) is 0 Å². The van der Waals surface area contributed by atoms with E-state index in [2.05, 4.69) is 15.2 Å². The van der Waals surface area contributed by atoms with Gasteiger partial charge in [0.05, 0.1) is 34.4 Å². The number of hydrogen-bond acceptors (Lipinski definition) is 8. The van der Waals surface area contributed by atoms with Gasteiger partial charge in [0.2, 0.25) is 5.91 Å². The monoisotopic (exact) mass is 523 g/mol. The van der Waals surface area contributed by atoms with Crippen molar-refractivity contribution >= 4 is 44.0 Å². The van der Waals surface area contributed by atoms with E-state index in [0.29, 0.717) is 11.0 Å². The van der Waals surface area contributed by atoms with E-state index in [1.807, 2.05) is 6.20 Å². The van der Waals surface area contributed by atoms with E-state index in [9.17, 15) is 13.2 Å². The van der Waals surface area contributed by atoms with E-state index in [-0.39, 0.29) is 16.7 Å². The predicted molar refractivity (Wildman–Crippen MR) is 138 cm³/mol. The lowest BCUT2D eigenvalue weighted by atomic mass is 9.87. The first-order valence-electron chi connectivity index (χ1n) is 11.9. The molecular weight excluding hydrogens is 490 g/mol. The zero-order valence-electron chi connectivity index (χ0n) is 19.6. The standard InChI is InChI=1S/C24H33N3O4S3/c1-34(29,30)20-8-6-19(7-9-20)21(16-18-4-2-3-5-18)23(28)26-24-25-17-22(33-24)32-15-12-27-10-13-31-14-11-27/h6-9,17-18,21H,2-5,10-16H2,1H3,(H,25,26,28). The molecule has 1 N–H and O–H groups in total. The number of benzene rings is 1. The normalized spacial score (nSPS) is 18.7. The Morgan fingerprint density at radius 1 is 1.24 bits per heavy atom. The molecule has 7 nitrogen and oxygen atoms in total. The first-order valence-corrected chi connectivity index (χ1v) is 15.6. The molecular formula is C24H33N3O4S3. The number of carbonyl (C=O) groups is 1. The van der Waals surface area contributed by atoms with Gasteiger partial charge in [-0.2, -0.15) is 0 Å². The van der Waals surface area contributed by atoms with Crippen molar-refractivity contribution in [3.8, 4) is 0 Å². The van der Waals surface area contributed by atoms with Crippen molar-refractivity contribution in [2.75, 3.05) is 50.2 Å². The smallest absolute Gasteiger partial charge is 0.233 e. The SMILES string of the molecule is CS(=O)(=O)c1ccc(C(CC2CCCC2)C(=O)Nc2ncc(SCCN3CCOCC3)s2)cc1. The largest absolute Gasteiger partial charge is 0.379 e. The molecule has 1 unspecified atom stereocenters. The summed E-state index contributed by atoms with van der Waals surface area (Å²) in [5.74, 6) is 1.11. The van der Waals surface area contributed by atoms with Gasteiger partial charge in [0.25, 0.3) is 0 Å². The quantitative estimate of drug-likeness (QED) is 0.465. The highest BCUT2D eigenvalue weighted by Gasteiger charge is 2.27. The van der Waals surface area contributed by atoms with Crippen LogP contribution in [0.1, 0.15) is 43.6 Å². The summed E-state index contributed by atoms with van der Waals surface area (Å²) in [5, 5.41) is 3.64. The molecule has 1 amide bonds. The minimum atomic E-state index is -3.27. The van der Waals surface area contributed by atoms with E-state index in [1.165, 1.54) is 30.4 Å². The Morgan fingerprint density at radius 2 is 1.94 bits per heavy atom. The van der Waals surface area contributed by atoms with Crippen LogP contribution in [-0.2, 0) is 19.4 Å². The van der Waals surface area contributed by atoms with Crippen LogP contribution in [0.5, 0.6) is 0 Å². The number of carbonyl (C=O) groups excluding carboxylic acids is 1. The number of rotatable bonds is 10. The molecule has 2 fully saturated rings. The third-order valence-electron chi connectivity index (χ3n) is 6.54. The van der Waals surface area contributed by atoms with Gasteiger partial charge in [-0.15, -0.1) is 11.8 Å². The lowest BCUT2D eigenvalue weighted by molar-refractivity contribution is -0.118. The molecule has 0 bridgehead atoms. The molecule has 2 aromatic rings. The van der Waals surface area contributed by atoms with Gasteiger partial charge in [0.15, 0.2) is 15.0 Å².